The molecule has 0 spiro atoms. The molecule has 1 nitrogen and oxygen atoms in total. The number of aryl methyl sites for hydroxylation is 1. The molecule has 0 aliphatic carbocycles. The number of hydrogen-bond acceptors (Lipinski definition) is 1. The van der Waals surface area contributed by atoms with Gasteiger partial charge >= 0.3 is 0 Å². The first-order valence-electron chi connectivity index (χ1n) is 5.96. The van der Waals surface area contributed by atoms with Gasteiger partial charge in [0.15, 0.2) is 0 Å². The SMILES string of the molecule is Cc1ccccc1CC(=O)Cc1ccc(F)cc1. The van der Waals surface area contributed by atoms with E-state index in [1.54, 1.807) is 12.1 Å². The summed E-state index contributed by atoms with van der Waals surface area (Å²) >= 11 is 0. The van der Waals surface area contributed by atoms with Crippen LogP contribution in [-0.4, -0.2) is 5.78 Å². The highest BCUT2D eigenvalue weighted by Crippen LogP contribution is 2.10. The van der Waals surface area contributed by atoms with Gasteiger partial charge in [-0.25, -0.2) is 4.39 Å². The first kappa shape index (κ1) is 12.5. The predicted molar refractivity (Wildman–Crippen MR) is 70.0 cm³/mol. The lowest BCUT2D eigenvalue weighted by Gasteiger charge is -2.05. The van der Waals surface area contributed by atoms with E-state index in [1.165, 1.54) is 12.1 Å². The van der Waals surface area contributed by atoms with E-state index in [0.717, 1.165) is 16.7 Å². The van der Waals surface area contributed by atoms with Crippen LogP contribution in [0, 0.1) is 12.7 Å². The minimum absolute atomic E-state index is 0.149. The van der Waals surface area contributed by atoms with Crippen molar-refractivity contribution in [2.24, 2.45) is 0 Å². The zero-order valence-corrected chi connectivity index (χ0v) is 10.3. The Morgan fingerprint density at radius 2 is 1.67 bits per heavy atom. The van der Waals surface area contributed by atoms with E-state index in [4.69, 9.17) is 0 Å². The fourth-order valence-corrected chi connectivity index (χ4v) is 1.91. The minimum Gasteiger partial charge on any atom is -0.299 e. The van der Waals surface area contributed by atoms with E-state index in [1.807, 2.05) is 31.2 Å². The summed E-state index contributed by atoms with van der Waals surface area (Å²) < 4.78 is 12.7. The number of carbonyl (C=O) groups excluding carboxylic acids is 1. The van der Waals surface area contributed by atoms with Crippen LogP contribution in [0.15, 0.2) is 48.5 Å². The Bertz CT molecular complexity index is 543. The average Bonchev–Trinajstić information content (AvgIpc) is 2.35. The minimum atomic E-state index is -0.273. The molecule has 2 aromatic carbocycles. The summed E-state index contributed by atoms with van der Waals surface area (Å²) in [6.45, 7) is 2.00. The van der Waals surface area contributed by atoms with Crippen molar-refractivity contribution in [3.05, 3.63) is 71.0 Å². The van der Waals surface area contributed by atoms with Gasteiger partial charge in [-0.3, -0.25) is 4.79 Å². The number of halogens is 1. The van der Waals surface area contributed by atoms with Crippen LogP contribution < -0.4 is 0 Å². The third-order valence-corrected chi connectivity index (χ3v) is 2.96. The summed E-state index contributed by atoms with van der Waals surface area (Å²) in [7, 11) is 0. The van der Waals surface area contributed by atoms with E-state index >= 15 is 0 Å². The molecule has 18 heavy (non-hydrogen) atoms. The lowest BCUT2D eigenvalue weighted by molar-refractivity contribution is -0.117. The average molecular weight is 242 g/mol. The zero-order chi connectivity index (χ0) is 13.0. The van der Waals surface area contributed by atoms with Crippen LogP contribution >= 0.6 is 0 Å². The van der Waals surface area contributed by atoms with Gasteiger partial charge < -0.3 is 0 Å². The van der Waals surface area contributed by atoms with Crippen molar-refractivity contribution in [3.63, 3.8) is 0 Å². The molecule has 2 heteroatoms. The highest BCUT2D eigenvalue weighted by Gasteiger charge is 2.07. The maximum absolute atomic E-state index is 12.7. The molecular formula is C16H15FO. The van der Waals surface area contributed by atoms with Crippen LogP contribution in [0.2, 0.25) is 0 Å². The van der Waals surface area contributed by atoms with Crippen LogP contribution in [0.3, 0.4) is 0 Å². The highest BCUT2D eigenvalue weighted by molar-refractivity contribution is 5.83. The monoisotopic (exact) mass is 242 g/mol. The maximum atomic E-state index is 12.7. The molecule has 92 valence electrons. The molecule has 0 amide bonds. The van der Waals surface area contributed by atoms with Gasteiger partial charge in [0.1, 0.15) is 11.6 Å². The zero-order valence-electron chi connectivity index (χ0n) is 10.3. The summed E-state index contributed by atoms with van der Waals surface area (Å²) in [5.41, 5.74) is 3.05. The van der Waals surface area contributed by atoms with Gasteiger partial charge in [-0.05, 0) is 35.7 Å². The first-order valence-corrected chi connectivity index (χ1v) is 5.96. The quantitative estimate of drug-likeness (QED) is 0.802. The lowest BCUT2D eigenvalue weighted by atomic mass is 10.00. The van der Waals surface area contributed by atoms with E-state index in [2.05, 4.69) is 0 Å². The van der Waals surface area contributed by atoms with Gasteiger partial charge in [0, 0.05) is 12.8 Å². The van der Waals surface area contributed by atoms with Gasteiger partial charge in [0.25, 0.3) is 0 Å². The summed E-state index contributed by atoms with van der Waals surface area (Å²) in [6.07, 6.45) is 0.790. The summed E-state index contributed by atoms with van der Waals surface area (Å²) in [4.78, 5) is 11.9. The molecule has 0 saturated carbocycles. The number of benzene rings is 2. The van der Waals surface area contributed by atoms with Gasteiger partial charge in [0.2, 0.25) is 0 Å². The third kappa shape index (κ3) is 3.27. The number of hydrogen-bond donors (Lipinski definition) is 0. The van der Waals surface area contributed by atoms with E-state index in [9.17, 15) is 9.18 Å². The van der Waals surface area contributed by atoms with Crippen molar-refractivity contribution in [1.29, 1.82) is 0 Å². The predicted octanol–water partition coefficient (Wildman–Crippen LogP) is 3.49. The molecule has 0 saturated heterocycles. The van der Waals surface area contributed by atoms with Crippen molar-refractivity contribution in [3.8, 4) is 0 Å². The molecule has 0 heterocycles. The Balaban J connectivity index is 2.01. The number of Topliss-reactive ketones (excluding diaryl/α,β-unsaturated/α-hetero) is 1. The largest absolute Gasteiger partial charge is 0.299 e. The molecule has 0 aliphatic rings. The molecule has 0 aliphatic heterocycles. The summed E-state index contributed by atoms with van der Waals surface area (Å²) in [5, 5.41) is 0. The van der Waals surface area contributed by atoms with Crippen molar-refractivity contribution in [1.82, 2.24) is 0 Å². The van der Waals surface area contributed by atoms with Gasteiger partial charge in [-0.2, -0.15) is 0 Å². The lowest BCUT2D eigenvalue weighted by Crippen LogP contribution is -2.07. The molecular weight excluding hydrogens is 227 g/mol. The number of carbonyl (C=O) groups is 1. The molecule has 0 atom stereocenters. The smallest absolute Gasteiger partial charge is 0.141 e. The second kappa shape index (κ2) is 5.58. The van der Waals surface area contributed by atoms with Crippen molar-refractivity contribution >= 4 is 5.78 Å². The molecule has 0 radical (unpaired) electrons. The Hall–Kier alpha value is -1.96. The normalized spacial score (nSPS) is 10.3. The Morgan fingerprint density at radius 1 is 1.00 bits per heavy atom. The molecule has 0 unspecified atom stereocenters. The van der Waals surface area contributed by atoms with Crippen LogP contribution in [-0.2, 0) is 17.6 Å². The van der Waals surface area contributed by atoms with E-state index in [-0.39, 0.29) is 11.6 Å². The Labute approximate surface area is 106 Å². The summed E-state index contributed by atoms with van der Waals surface area (Å²) in [6, 6.07) is 14.0. The molecule has 2 rings (SSSR count). The number of ketones is 1. The Kier molecular flexibility index (Phi) is 3.88. The second-order valence-electron chi connectivity index (χ2n) is 4.45. The van der Waals surface area contributed by atoms with Gasteiger partial charge in [-0.15, -0.1) is 0 Å². The molecule has 0 aromatic heterocycles. The Morgan fingerprint density at radius 3 is 2.33 bits per heavy atom. The maximum Gasteiger partial charge on any atom is 0.141 e. The fourth-order valence-electron chi connectivity index (χ4n) is 1.91. The number of rotatable bonds is 4. The third-order valence-electron chi connectivity index (χ3n) is 2.96. The van der Waals surface area contributed by atoms with Crippen molar-refractivity contribution in [2.75, 3.05) is 0 Å². The molecule has 0 fully saturated rings. The fraction of sp³-hybridized carbons (Fsp3) is 0.188. The molecule has 2 aromatic rings. The van der Waals surface area contributed by atoms with Crippen LogP contribution in [0.5, 0.6) is 0 Å². The van der Waals surface area contributed by atoms with Crippen LogP contribution in [0.4, 0.5) is 4.39 Å². The standard InChI is InChI=1S/C16H15FO/c1-12-4-2-3-5-14(12)11-16(18)10-13-6-8-15(17)9-7-13/h2-9H,10-11H2,1H3. The highest BCUT2D eigenvalue weighted by atomic mass is 19.1. The van der Waals surface area contributed by atoms with Crippen LogP contribution in [0.25, 0.3) is 0 Å². The topological polar surface area (TPSA) is 17.1 Å². The summed E-state index contributed by atoms with van der Waals surface area (Å²) in [5.74, 6) is -0.124. The molecule has 0 N–H and O–H groups in total. The van der Waals surface area contributed by atoms with Gasteiger partial charge in [-0.1, -0.05) is 36.4 Å². The second-order valence-corrected chi connectivity index (χ2v) is 4.45. The molecule has 0 bridgehead atoms. The van der Waals surface area contributed by atoms with Crippen molar-refractivity contribution < 1.29 is 9.18 Å². The van der Waals surface area contributed by atoms with E-state index in [0.29, 0.717) is 12.8 Å². The van der Waals surface area contributed by atoms with Crippen molar-refractivity contribution in [2.45, 2.75) is 19.8 Å². The van der Waals surface area contributed by atoms with E-state index < -0.39 is 0 Å². The van der Waals surface area contributed by atoms with Crippen LogP contribution in [0.1, 0.15) is 16.7 Å². The van der Waals surface area contributed by atoms with Gasteiger partial charge in [0.05, 0.1) is 0 Å². The first-order chi connectivity index (χ1) is 8.65.